The molecule has 1 heterocycles. The molecule has 0 bridgehead atoms. The Morgan fingerprint density at radius 2 is 1.88 bits per heavy atom. The molecule has 0 unspecified atom stereocenters. The number of fused-ring (bicyclic) bond motifs is 1. The molecule has 1 aliphatic heterocycles. The molecular formula is C23H20ClN3O6S. The zero-order valence-electron chi connectivity index (χ0n) is 18.0. The van der Waals surface area contributed by atoms with E-state index in [4.69, 9.17) is 25.8 Å². The Bertz CT molecular complexity index is 1330. The molecular weight excluding hydrogens is 482 g/mol. The van der Waals surface area contributed by atoms with Crippen LogP contribution >= 0.6 is 11.6 Å². The maximum atomic E-state index is 13.3. The number of nitrogens with zero attached hydrogens (tertiary/aromatic N) is 2. The molecule has 1 N–H and O–H groups in total. The molecule has 0 atom stereocenters. The maximum Gasteiger partial charge on any atom is 0.264 e. The fourth-order valence-electron chi connectivity index (χ4n) is 3.18. The molecule has 176 valence electrons. The van der Waals surface area contributed by atoms with E-state index in [1.165, 1.54) is 43.7 Å². The SMILES string of the molecule is COc1ccc(N(CC(=O)N/N=C\c2ccc3c(c2)OCO3)S(=O)(=O)c2ccccc2)cc1Cl. The Kier molecular flexibility index (Phi) is 6.90. The third kappa shape index (κ3) is 5.08. The number of sulfonamides is 1. The molecule has 34 heavy (non-hydrogen) atoms. The largest absolute Gasteiger partial charge is 0.495 e. The van der Waals surface area contributed by atoms with E-state index in [0.717, 1.165) is 4.31 Å². The van der Waals surface area contributed by atoms with E-state index in [1.54, 1.807) is 36.4 Å². The predicted molar refractivity (Wildman–Crippen MR) is 127 cm³/mol. The van der Waals surface area contributed by atoms with Crippen LogP contribution < -0.4 is 23.9 Å². The highest BCUT2D eigenvalue weighted by atomic mass is 35.5. The van der Waals surface area contributed by atoms with Crippen LogP contribution in [0.4, 0.5) is 5.69 Å². The summed E-state index contributed by atoms with van der Waals surface area (Å²) in [5, 5.41) is 4.13. The van der Waals surface area contributed by atoms with Crippen molar-refractivity contribution in [1.29, 1.82) is 0 Å². The minimum absolute atomic E-state index is 0.0265. The van der Waals surface area contributed by atoms with Gasteiger partial charge in [-0.05, 0) is 54.1 Å². The summed E-state index contributed by atoms with van der Waals surface area (Å²) in [6, 6.07) is 17.4. The number of ether oxygens (including phenoxy) is 3. The number of carbonyl (C=O) groups excluding carboxylic acids is 1. The first-order chi connectivity index (χ1) is 16.4. The molecule has 3 aromatic rings. The number of hydrogen-bond acceptors (Lipinski definition) is 7. The smallest absolute Gasteiger partial charge is 0.264 e. The molecule has 0 aliphatic carbocycles. The van der Waals surface area contributed by atoms with Crippen molar-refractivity contribution in [2.24, 2.45) is 5.10 Å². The summed E-state index contributed by atoms with van der Waals surface area (Å²) in [5.74, 6) is 0.927. The number of anilines is 1. The monoisotopic (exact) mass is 501 g/mol. The highest BCUT2D eigenvalue weighted by Crippen LogP contribution is 2.33. The van der Waals surface area contributed by atoms with E-state index in [2.05, 4.69) is 10.5 Å². The fourth-order valence-corrected chi connectivity index (χ4v) is 4.87. The van der Waals surface area contributed by atoms with Crippen molar-refractivity contribution in [3.05, 3.63) is 77.3 Å². The van der Waals surface area contributed by atoms with Gasteiger partial charge in [-0.2, -0.15) is 5.10 Å². The molecule has 1 amide bonds. The van der Waals surface area contributed by atoms with Crippen molar-refractivity contribution in [3.8, 4) is 17.2 Å². The lowest BCUT2D eigenvalue weighted by Gasteiger charge is -2.24. The Morgan fingerprint density at radius 3 is 2.62 bits per heavy atom. The minimum Gasteiger partial charge on any atom is -0.495 e. The second-order valence-corrected chi connectivity index (χ2v) is 9.32. The topological polar surface area (TPSA) is 107 Å². The van der Waals surface area contributed by atoms with Gasteiger partial charge in [0.1, 0.15) is 12.3 Å². The van der Waals surface area contributed by atoms with Crippen molar-refractivity contribution in [2.45, 2.75) is 4.90 Å². The molecule has 0 spiro atoms. The lowest BCUT2D eigenvalue weighted by atomic mass is 10.2. The maximum absolute atomic E-state index is 13.3. The van der Waals surface area contributed by atoms with Gasteiger partial charge >= 0.3 is 0 Å². The van der Waals surface area contributed by atoms with Crippen LogP contribution in [0.25, 0.3) is 0 Å². The van der Waals surface area contributed by atoms with Gasteiger partial charge in [-0.3, -0.25) is 9.10 Å². The van der Waals surface area contributed by atoms with Crippen molar-refractivity contribution >= 4 is 39.4 Å². The molecule has 9 nitrogen and oxygen atoms in total. The van der Waals surface area contributed by atoms with E-state index in [1.807, 2.05) is 0 Å². The van der Waals surface area contributed by atoms with Gasteiger partial charge in [-0.15, -0.1) is 0 Å². The third-order valence-corrected chi connectivity index (χ3v) is 6.92. The van der Waals surface area contributed by atoms with Crippen LogP contribution in [-0.2, 0) is 14.8 Å². The number of methoxy groups -OCH3 is 1. The van der Waals surface area contributed by atoms with Crippen LogP contribution in [0.5, 0.6) is 17.2 Å². The lowest BCUT2D eigenvalue weighted by molar-refractivity contribution is -0.119. The number of carbonyl (C=O) groups is 1. The zero-order valence-corrected chi connectivity index (χ0v) is 19.5. The number of nitrogens with one attached hydrogen (secondary N) is 1. The lowest BCUT2D eigenvalue weighted by Crippen LogP contribution is -2.39. The van der Waals surface area contributed by atoms with Gasteiger partial charge in [0.15, 0.2) is 11.5 Å². The van der Waals surface area contributed by atoms with E-state index in [-0.39, 0.29) is 22.4 Å². The average molecular weight is 502 g/mol. The average Bonchev–Trinajstić information content (AvgIpc) is 3.31. The molecule has 0 aromatic heterocycles. The van der Waals surface area contributed by atoms with Crippen molar-refractivity contribution < 1.29 is 27.4 Å². The summed E-state index contributed by atoms with van der Waals surface area (Å²) in [6.45, 7) is -0.383. The van der Waals surface area contributed by atoms with Gasteiger partial charge in [0.25, 0.3) is 15.9 Å². The van der Waals surface area contributed by atoms with Crippen LogP contribution in [0.3, 0.4) is 0 Å². The number of rotatable bonds is 8. The predicted octanol–water partition coefficient (Wildman–Crippen LogP) is 3.42. The van der Waals surface area contributed by atoms with Gasteiger partial charge in [-0.1, -0.05) is 29.8 Å². The van der Waals surface area contributed by atoms with Gasteiger partial charge in [0.05, 0.1) is 28.9 Å². The van der Waals surface area contributed by atoms with Crippen LogP contribution in [-0.4, -0.2) is 41.0 Å². The van der Waals surface area contributed by atoms with E-state index in [0.29, 0.717) is 22.8 Å². The second kappa shape index (κ2) is 10.0. The molecule has 0 fully saturated rings. The van der Waals surface area contributed by atoms with Crippen LogP contribution in [0, 0.1) is 0 Å². The Labute approximate surface area is 201 Å². The standard InChI is InChI=1S/C23H20ClN3O6S/c1-31-20-10-8-17(12-19(20)24)27(34(29,30)18-5-3-2-4-6-18)14-23(28)26-25-13-16-7-9-21-22(11-16)33-15-32-21/h2-13H,14-15H2,1H3,(H,26,28)/b25-13-. The summed E-state index contributed by atoms with van der Waals surface area (Å²) in [4.78, 5) is 12.7. The Hall–Kier alpha value is -3.76. The summed E-state index contributed by atoms with van der Waals surface area (Å²) in [6.07, 6.45) is 1.42. The Balaban J connectivity index is 1.55. The van der Waals surface area contributed by atoms with Gasteiger partial charge in [-0.25, -0.2) is 13.8 Å². The summed E-state index contributed by atoms with van der Waals surface area (Å²) < 4.78 is 43.4. The minimum atomic E-state index is -4.08. The molecule has 0 radical (unpaired) electrons. The quantitative estimate of drug-likeness (QED) is 0.374. The van der Waals surface area contributed by atoms with Crippen LogP contribution in [0.15, 0.2) is 76.7 Å². The molecule has 0 saturated heterocycles. The van der Waals surface area contributed by atoms with E-state index >= 15 is 0 Å². The van der Waals surface area contributed by atoms with E-state index in [9.17, 15) is 13.2 Å². The van der Waals surface area contributed by atoms with Gasteiger partial charge in [0, 0.05) is 0 Å². The van der Waals surface area contributed by atoms with Crippen LogP contribution in [0.1, 0.15) is 5.56 Å². The summed E-state index contributed by atoms with van der Waals surface area (Å²) in [7, 11) is -2.63. The highest BCUT2D eigenvalue weighted by molar-refractivity contribution is 7.92. The van der Waals surface area contributed by atoms with Crippen molar-refractivity contribution in [2.75, 3.05) is 24.8 Å². The number of halogens is 1. The van der Waals surface area contributed by atoms with Crippen LogP contribution in [0.2, 0.25) is 5.02 Å². The van der Waals surface area contributed by atoms with Gasteiger partial charge < -0.3 is 14.2 Å². The first-order valence-electron chi connectivity index (χ1n) is 10.0. The number of benzene rings is 3. The first-order valence-corrected chi connectivity index (χ1v) is 11.8. The fraction of sp³-hybridized carbons (Fsp3) is 0.130. The molecule has 1 aliphatic rings. The molecule has 4 rings (SSSR count). The summed E-state index contributed by atoms with van der Waals surface area (Å²) in [5.41, 5.74) is 3.22. The second-order valence-electron chi connectivity index (χ2n) is 7.05. The van der Waals surface area contributed by atoms with Crippen molar-refractivity contribution in [1.82, 2.24) is 5.43 Å². The number of hydrazone groups is 1. The van der Waals surface area contributed by atoms with E-state index < -0.39 is 22.5 Å². The van der Waals surface area contributed by atoms with Gasteiger partial charge in [0.2, 0.25) is 6.79 Å². The molecule has 11 heteroatoms. The Morgan fingerprint density at radius 1 is 1.12 bits per heavy atom. The normalized spacial score (nSPS) is 12.5. The molecule has 3 aromatic carbocycles. The summed E-state index contributed by atoms with van der Waals surface area (Å²) >= 11 is 6.21. The first kappa shape index (κ1) is 23.4. The zero-order chi connectivity index (χ0) is 24.1. The molecule has 0 saturated carbocycles. The third-order valence-electron chi connectivity index (χ3n) is 4.84. The number of hydrogen-bond donors (Lipinski definition) is 1. The number of amides is 1. The highest BCUT2D eigenvalue weighted by Gasteiger charge is 2.27. The van der Waals surface area contributed by atoms with Crippen molar-refractivity contribution in [3.63, 3.8) is 0 Å².